The van der Waals surface area contributed by atoms with E-state index in [1.165, 1.54) is 0 Å². The molecule has 0 saturated heterocycles. The molecule has 2 N–H and O–H groups in total. The van der Waals surface area contributed by atoms with Crippen molar-refractivity contribution in [3.63, 3.8) is 0 Å². The molecule has 2 rings (SSSR count). The van der Waals surface area contributed by atoms with Crippen LogP contribution in [0.3, 0.4) is 0 Å². The van der Waals surface area contributed by atoms with Gasteiger partial charge in [0.2, 0.25) is 5.91 Å². The van der Waals surface area contributed by atoms with E-state index in [0.29, 0.717) is 0 Å². The van der Waals surface area contributed by atoms with E-state index in [9.17, 15) is 9.59 Å². The van der Waals surface area contributed by atoms with Gasteiger partial charge < -0.3 is 15.4 Å². The van der Waals surface area contributed by atoms with Crippen LogP contribution in [0.2, 0.25) is 0 Å². The van der Waals surface area contributed by atoms with Crippen LogP contribution in [0.4, 0.5) is 4.79 Å². The normalized spacial score (nSPS) is 16.2. The van der Waals surface area contributed by atoms with Gasteiger partial charge in [0.15, 0.2) is 0 Å². The molecule has 5 nitrogen and oxygen atoms in total. The van der Waals surface area contributed by atoms with Crippen molar-refractivity contribution in [1.29, 1.82) is 0 Å². The number of amides is 2. The van der Waals surface area contributed by atoms with E-state index in [1.54, 1.807) is 0 Å². The maximum absolute atomic E-state index is 12.5. The van der Waals surface area contributed by atoms with Crippen molar-refractivity contribution in [3.8, 4) is 0 Å². The van der Waals surface area contributed by atoms with Crippen LogP contribution in [0.5, 0.6) is 0 Å². The van der Waals surface area contributed by atoms with E-state index in [4.69, 9.17) is 4.74 Å². The molecular weight excluding hydrogens is 304 g/mol. The van der Waals surface area contributed by atoms with E-state index in [2.05, 4.69) is 10.6 Å². The van der Waals surface area contributed by atoms with Crippen molar-refractivity contribution < 1.29 is 14.3 Å². The number of carbonyl (C=O) groups is 2. The molecule has 0 spiro atoms. The number of hydrogen-bond donors (Lipinski definition) is 2. The Morgan fingerprint density at radius 3 is 2.17 bits per heavy atom. The zero-order valence-corrected chi connectivity index (χ0v) is 15.2. The fourth-order valence-corrected chi connectivity index (χ4v) is 2.70. The van der Waals surface area contributed by atoms with Gasteiger partial charge in [0.1, 0.15) is 5.60 Å². The molecule has 0 unspecified atom stereocenters. The quantitative estimate of drug-likeness (QED) is 0.867. The lowest BCUT2D eigenvalue weighted by atomic mass is 9.99. The molecule has 1 aromatic rings. The summed E-state index contributed by atoms with van der Waals surface area (Å²) >= 11 is 0. The second kappa shape index (κ2) is 6.46. The number of hydrogen-bond acceptors (Lipinski definition) is 3. The largest absolute Gasteiger partial charge is 0.444 e. The van der Waals surface area contributed by atoms with Crippen molar-refractivity contribution in [2.75, 3.05) is 0 Å². The van der Waals surface area contributed by atoms with E-state index < -0.39 is 17.2 Å². The first-order valence-electron chi connectivity index (χ1n) is 8.39. The lowest BCUT2D eigenvalue weighted by Crippen LogP contribution is -2.49. The molecule has 0 bridgehead atoms. The highest BCUT2D eigenvalue weighted by atomic mass is 16.6. The summed E-state index contributed by atoms with van der Waals surface area (Å²) in [4.78, 5) is 24.4. The molecular formula is C19H28N2O3. The summed E-state index contributed by atoms with van der Waals surface area (Å²) in [6.07, 6.45) is 1.58. The van der Waals surface area contributed by atoms with Gasteiger partial charge in [-0.05, 0) is 53.0 Å². The molecule has 1 fully saturated rings. The average molecular weight is 332 g/mol. The molecule has 1 saturated carbocycles. The Morgan fingerprint density at radius 1 is 1.08 bits per heavy atom. The lowest BCUT2D eigenvalue weighted by Gasteiger charge is -2.29. The van der Waals surface area contributed by atoms with E-state index in [0.717, 1.165) is 18.4 Å². The summed E-state index contributed by atoms with van der Waals surface area (Å²) in [7, 11) is 0. The number of ether oxygens (including phenoxy) is 1. The zero-order valence-electron chi connectivity index (χ0n) is 15.2. The fraction of sp³-hybridized carbons (Fsp3) is 0.579. The minimum Gasteiger partial charge on any atom is -0.444 e. The molecule has 24 heavy (non-hydrogen) atoms. The van der Waals surface area contributed by atoms with Gasteiger partial charge >= 0.3 is 6.09 Å². The summed E-state index contributed by atoms with van der Waals surface area (Å²) < 4.78 is 5.26. The predicted octanol–water partition coefficient (Wildman–Crippen LogP) is 3.49. The standard InChI is InChI=1S/C19H28N2O3/c1-17(2,3)24-16(23)21-18(4,5)13-15(22)20-19(11-12-19)14-9-7-6-8-10-14/h6-10H,11-13H2,1-5H3,(H,20,22)(H,21,23). The summed E-state index contributed by atoms with van der Waals surface area (Å²) in [6.45, 7) is 9.06. The van der Waals surface area contributed by atoms with Gasteiger partial charge in [-0.1, -0.05) is 30.3 Å². The fourth-order valence-electron chi connectivity index (χ4n) is 2.70. The Bertz CT molecular complexity index is 599. The summed E-state index contributed by atoms with van der Waals surface area (Å²) in [6, 6.07) is 10.0. The smallest absolute Gasteiger partial charge is 0.408 e. The van der Waals surface area contributed by atoms with Crippen molar-refractivity contribution in [2.45, 2.75) is 70.6 Å². The van der Waals surface area contributed by atoms with Gasteiger partial charge in [0, 0.05) is 12.0 Å². The van der Waals surface area contributed by atoms with Crippen LogP contribution in [0.1, 0.15) is 59.4 Å². The Hall–Kier alpha value is -2.04. The third kappa shape index (κ3) is 5.25. The third-order valence-electron chi connectivity index (χ3n) is 3.90. The highest BCUT2D eigenvalue weighted by molar-refractivity contribution is 5.80. The van der Waals surface area contributed by atoms with Gasteiger partial charge in [-0.25, -0.2) is 4.79 Å². The molecule has 1 aliphatic rings. The van der Waals surface area contributed by atoms with Crippen LogP contribution in [0.15, 0.2) is 30.3 Å². The van der Waals surface area contributed by atoms with Gasteiger partial charge in [0.05, 0.1) is 5.54 Å². The van der Waals surface area contributed by atoms with Crippen molar-refractivity contribution in [3.05, 3.63) is 35.9 Å². The third-order valence-corrected chi connectivity index (χ3v) is 3.90. The second-order valence-electron chi connectivity index (χ2n) is 8.18. The number of benzene rings is 1. The Labute approximate surface area is 144 Å². The molecule has 0 atom stereocenters. The topological polar surface area (TPSA) is 67.4 Å². The molecule has 1 aromatic carbocycles. The minimum atomic E-state index is -0.681. The first kappa shape index (κ1) is 18.3. The molecule has 5 heteroatoms. The van der Waals surface area contributed by atoms with Crippen LogP contribution in [-0.4, -0.2) is 23.1 Å². The Balaban J connectivity index is 1.91. The molecule has 1 aliphatic carbocycles. The van der Waals surface area contributed by atoms with E-state index in [-0.39, 0.29) is 17.9 Å². The molecule has 2 amide bonds. The van der Waals surface area contributed by atoms with Gasteiger partial charge in [-0.3, -0.25) is 4.79 Å². The van der Waals surface area contributed by atoms with Crippen molar-refractivity contribution in [2.24, 2.45) is 0 Å². The highest BCUT2D eigenvalue weighted by Crippen LogP contribution is 2.45. The maximum atomic E-state index is 12.5. The van der Waals surface area contributed by atoms with Gasteiger partial charge in [0.25, 0.3) is 0 Å². The summed E-state index contributed by atoms with van der Waals surface area (Å²) in [5.74, 6) is -0.0718. The molecule has 132 valence electrons. The number of nitrogens with one attached hydrogen (secondary N) is 2. The number of carbonyl (C=O) groups excluding carboxylic acids is 2. The highest BCUT2D eigenvalue weighted by Gasteiger charge is 2.46. The average Bonchev–Trinajstić information content (AvgIpc) is 3.16. The Kier molecular flexibility index (Phi) is 4.92. The van der Waals surface area contributed by atoms with E-state index >= 15 is 0 Å². The van der Waals surface area contributed by atoms with Crippen molar-refractivity contribution in [1.82, 2.24) is 10.6 Å². The van der Waals surface area contributed by atoms with Crippen LogP contribution >= 0.6 is 0 Å². The van der Waals surface area contributed by atoms with Crippen LogP contribution in [-0.2, 0) is 15.1 Å². The molecule has 0 radical (unpaired) electrons. The Morgan fingerprint density at radius 2 is 1.67 bits per heavy atom. The first-order valence-corrected chi connectivity index (χ1v) is 8.39. The monoisotopic (exact) mass is 332 g/mol. The number of rotatable bonds is 5. The molecule has 0 aromatic heterocycles. The zero-order chi connectivity index (χ0) is 18.0. The second-order valence-corrected chi connectivity index (χ2v) is 8.18. The maximum Gasteiger partial charge on any atom is 0.408 e. The van der Waals surface area contributed by atoms with Crippen molar-refractivity contribution >= 4 is 12.0 Å². The lowest BCUT2D eigenvalue weighted by molar-refractivity contribution is -0.123. The van der Waals surface area contributed by atoms with Crippen LogP contribution < -0.4 is 10.6 Å². The van der Waals surface area contributed by atoms with Crippen LogP contribution in [0, 0.1) is 0 Å². The SMILES string of the molecule is CC(C)(CC(=O)NC1(c2ccccc2)CC1)NC(=O)OC(C)(C)C. The summed E-state index contributed by atoms with van der Waals surface area (Å²) in [5.41, 5.74) is -0.343. The molecule has 0 heterocycles. The van der Waals surface area contributed by atoms with Gasteiger partial charge in [-0.2, -0.15) is 0 Å². The first-order chi connectivity index (χ1) is 11.0. The minimum absolute atomic E-state index is 0.0718. The van der Waals surface area contributed by atoms with Gasteiger partial charge in [-0.15, -0.1) is 0 Å². The number of alkyl carbamates (subject to hydrolysis) is 1. The summed E-state index contributed by atoms with van der Waals surface area (Å²) in [5, 5.41) is 5.90. The molecule has 0 aliphatic heterocycles. The predicted molar refractivity (Wildman–Crippen MR) is 93.6 cm³/mol. The van der Waals surface area contributed by atoms with E-state index in [1.807, 2.05) is 65.0 Å². The van der Waals surface area contributed by atoms with Crippen LogP contribution in [0.25, 0.3) is 0 Å².